The van der Waals surface area contributed by atoms with Crippen molar-refractivity contribution in [3.8, 4) is 23.0 Å². The van der Waals surface area contributed by atoms with Crippen molar-refractivity contribution < 1.29 is 36.5 Å². The SMILES string of the molecule is COc1cc(OC)cc(C(=CN)c2cccc3c2OC(F)(F)C(F)(F)O3)c1. The van der Waals surface area contributed by atoms with Crippen LogP contribution in [-0.2, 0) is 0 Å². The average Bonchev–Trinajstić information content (AvgIpc) is 2.63. The summed E-state index contributed by atoms with van der Waals surface area (Å²) in [6.45, 7) is 0. The monoisotopic (exact) mass is 385 g/mol. The molecule has 9 heteroatoms. The van der Waals surface area contributed by atoms with Gasteiger partial charge in [-0.25, -0.2) is 0 Å². The fourth-order valence-corrected chi connectivity index (χ4v) is 2.60. The molecule has 0 unspecified atom stereocenters. The summed E-state index contributed by atoms with van der Waals surface area (Å²) in [5.41, 5.74) is 6.41. The van der Waals surface area contributed by atoms with E-state index in [-0.39, 0.29) is 11.1 Å². The van der Waals surface area contributed by atoms with E-state index < -0.39 is 23.7 Å². The van der Waals surface area contributed by atoms with Gasteiger partial charge in [0, 0.05) is 23.4 Å². The van der Waals surface area contributed by atoms with E-state index in [9.17, 15) is 17.6 Å². The molecule has 2 aromatic rings. The van der Waals surface area contributed by atoms with Crippen molar-refractivity contribution in [3.05, 3.63) is 53.7 Å². The quantitative estimate of drug-likeness (QED) is 0.806. The average molecular weight is 385 g/mol. The fourth-order valence-electron chi connectivity index (χ4n) is 2.60. The molecule has 2 aromatic carbocycles. The maximum Gasteiger partial charge on any atom is 0.507 e. The molecule has 27 heavy (non-hydrogen) atoms. The summed E-state index contributed by atoms with van der Waals surface area (Å²) >= 11 is 0. The van der Waals surface area contributed by atoms with Crippen LogP contribution >= 0.6 is 0 Å². The largest absolute Gasteiger partial charge is 0.507 e. The van der Waals surface area contributed by atoms with Gasteiger partial charge in [-0.2, -0.15) is 17.6 Å². The molecule has 0 amide bonds. The number of benzene rings is 2. The third-order valence-electron chi connectivity index (χ3n) is 3.91. The molecular formula is C18H15F4NO4. The molecule has 144 valence electrons. The lowest BCUT2D eigenvalue weighted by molar-refractivity contribution is -0.391. The first-order chi connectivity index (χ1) is 12.7. The van der Waals surface area contributed by atoms with Crippen molar-refractivity contribution in [3.63, 3.8) is 0 Å². The Labute approximate surface area is 151 Å². The number of nitrogens with two attached hydrogens (primary N) is 1. The van der Waals surface area contributed by atoms with Gasteiger partial charge in [-0.1, -0.05) is 12.1 Å². The molecule has 0 fully saturated rings. The highest BCUT2D eigenvalue weighted by atomic mass is 19.3. The molecular weight excluding hydrogens is 370 g/mol. The lowest BCUT2D eigenvalue weighted by atomic mass is 9.97. The lowest BCUT2D eigenvalue weighted by Crippen LogP contribution is -2.52. The first-order valence-electron chi connectivity index (χ1n) is 7.65. The molecule has 1 aliphatic rings. The van der Waals surface area contributed by atoms with E-state index in [2.05, 4.69) is 9.47 Å². The van der Waals surface area contributed by atoms with E-state index in [1.807, 2.05) is 0 Å². The van der Waals surface area contributed by atoms with Gasteiger partial charge in [-0.3, -0.25) is 0 Å². The van der Waals surface area contributed by atoms with Gasteiger partial charge in [0.05, 0.1) is 14.2 Å². The van der Waals surface area contributed by atoms with Crippen molar-refractivity contribution in [2.45, 2.75) is 12.2 Å². The van der Waals surface area contributed by atoms with Gasteiger partial charge in [0.15, 0.2) is 11.5 Å². The van der Waals surface area contributed by atoms with Gasteiger partial charge in [0.2, 0.25) is 0 Å². The van der Waals surface area contributed by atoms with E-state index in [0.29, 0.717) is 17.1 Å². The predicted molar refractivity (Wildman–Crippen MR) is 88.4 cm³/mol. The van der Waals surface area contributed by atoms with E-state index in [4.69, 9.17) is 15.2 Å². The first kappa shape index (κ1) is 18.7. The Balaban J connectivity index is 2.15. The summed E-state index contributed by atoms with van der Waals surface area (Å²) in [5.74, 6) is -0.241. The molecule has 0 radical (unpaired) electrons. The number of methoxy groups -OCH3 is 2. The fraction of sp³-hybridized carbons (Fsp3) is 0.222. The second-order valence-corrected chi connectivity index (χ2v) is 5.55. The Bertz CT molecular complexity index is 877. The van der Waals surface area contributed by atoms with Crippen LogP contribution in [0.1, 0.15) is 11.1 Å². The van der Waals surface area contributed by atoms with Gasteiger partial charge in [0.25, 0.3) is 0 Å². The summed E-state index contributed by atoms with van der Waals surface area (Å²) in [6, 6.07) is 8.62. The van der Waals surface area contributed by atoms with Gasteiger partial charge >= 0.3 is 12.2 Å². The molecule has 0 saturated heterocycles. The van der Waals surface area contributed by atoms with Crippen LogP contribution in [0.5, 0.6) is 23.0 Å². The molecule has 0 atom stereocenters. The van der Waals surface area contributed by atoms with Crippen molar-refractivity contribution >= 4 is 5.57 Å². The van der Waals surface area contributed by atoms with E-state index in [1.165, 1.54) is 26.4 Å². The van der Waals surface area contributed by atoms with E-state index in [1.54, 1.807) is 18.2 Å². The highest BCUT2D eigenvalue weighted by molar-refractivity contribution is 5.85. The van der Waals surface area contributed by atoms with Crippen LogP contribution in [0.2, 0.25) is 0 Å². The Hall–Kier alpha value is -3.10. The van der Waals surface area contributed by atoms with Crippen molar-refractivity contribution in [1.82, 2.24) is 0 Å². The molecule has 0 bridgehead atoms. The van der Waals surface area contributed by atoms with Crippen molar-refractivity contribution in [2.75, 3.05) is 14.2 Å². The van der Waals surface area contributed by atoms with Crippen LogP contribution in [-0.4, -0.2) is 26.4 Å². The zero-order valence-electron chi connectivity index (χ0n) is 14.3. The smallest absolute Gasteiger partial charge is 0.497 e. The van der Waals surface area contributed by atoms with Crippen LogP contribution in [0.15, 0.2) is 42.6 Å². The number of alkyl halides is 4. The van der Waals surface area contributed by atoms with Gasteiger partial charge < -0.3 is 24.7 Å². The Morgan fingerprint density at radius 3 is 2.11 bits per heavy atom. The van der Waals surface area contributed by atoms with Gasteiger partial charge in [0.1, 0.15) is 11.5 Å². The molecule has 0 saturated carbocycles. The summed E-state index contributed by atoms with van der Waals surface area (Å²) in [6.07, 6.45) is -8.51. The van der Waals surface area contributed by atoms with Crippen molar-refractivity contribution in [2.24, 2.45) is 5.73 Å². The maximum atomic E-state index is 13.7. The summed E-state index contributed by atoms with van der Waals surface area (Å²) in [7, 11) is 2.88. The predicted octanol–water partition coefficient (Wildman–Crippen LogP) is 4.01. The molecule has 3 rings (SSSR count). The highest BCUT2D eigenvalue weighted by Gasteiger charge is 2.66. The Morgan fingerprint density at radius 1 is 0.963 bits per heavy atom. The van der Waals surface area contributed by atoms with Gasteiger partial charge in [-0.05, 0) is 23.8 Å². The number of hydrogen-bond acceptors (Lipinski definition) is 5. The molecule has 0 aliphatic carbocycles. The van der Waals surface area contributed by atoms with E-state index >= 15 is 0 Å². The van der Waals surface area contributed by atoms with Crippen LogP contribution in [0, 0.1) is 0 Å². The minimum absolute atomic E-state index is 0.0421. The normalized spacial score (nSPS) is 17.3. The highest BCUT2D eigenvalue weighted by Crippen LogP contribution is 2.50. The van der Waals surface area contributed by atoms with Gasteiger partial charge in [-0.15, -0.1) is 0 Å². The summed E-state index contributed by atoms with van der Waals surface area (Å²) in [5, 5.41) is 0. The minimum Gasteiger partial charge on any atom is -0.497 e. The number of halogens is 4. The Kier molecular flexibility index (Phi) is 4.54. The van der Waals surface area contributed by atoms with Crippen LogP contribution in [0.25, 0.3) is 5.57 Å². The lowest BCUT2D eigenvalue weighted by Gasteiger charge is -2.33. The molecule has 0 spiro atoms. The van der Waals surface area contributed by atoms with Crippen LogP contribution in [0.3, 0.4) is 0 Å². The van der Waals surface area contributed by atoms with Crippen LogP contribution in [0.4, 0.5) is 17.6 Å². The third-order valence-corrected chi connectivity index (χ3v) is 3.91. The number of para-hydroxylation sites is 1. The molecule has 5 nitrogen and oxygen atoms in total. The number of fused-ring (bicyclic) bond motifs is 1. The standard InChI is InChI=1S/C18H15F4NO4/c1-24-11-6-10(7-12(8-11)25-2)14(9-23)13-4-3-5-15-16(13)27-18(21,22)17(19,20)26-15/h3-9H,23H2,1-2H3. The second-order valence-electron chi connectivity index (χ2n) is 5.55. The molecule has 1 heterocycles. The topological polar surface area (TPSA) is 62.9 Å². The van der Waals surface area contributed by atoms with E-state index in [0.717, 1.165) is 12.3 Å². The number of hydrogen-bond donors (Lipinski definition) is 1. The second kappa shape index (κ2) is 6.57. The first-order valence-corrected chi connectivity index (χ1v) is 7.65. The zero-order chi connectivity index (χ0) is 19.8. The maximum absolute atomic E-state index is 13.7. The number of ether oxygens (including phenoxy) is 4. The summed E-state index contributed by atoms with van der Waals surface area (Å²) in [4.78, 5) is 0. The summed E-state index contributed by atoms with van der Waals surface area (Å²) < 4.78 is 73.0. The molecule has 0 aromatic heterocycles. The Morgan fingerprint density at radius 2 is 1.56 bits per heavy atom. The minimum atomic E-state index is -4.85. The van der Waals surface area contributed by atoms with Crippen LogP contribution < -0.4 is 24.7 Å². The molecule has 1 aliphatic heterocycles. The van der Waals surface area contributed by atoms with Crippen molar-refractivity contribution in [1.29, 1.82) is 0 Å². The zero-order valence-corrected chi connectivity index (χ0v) is 14.3. The number of rotatable bonds is 4. The molecule has 2 N–H and O–H groups in total. The third kappa shape index (κ3) is 3.20.